The van der Waals surface area contributed by atoms with Gasteiger partial charge in [-0.25, -0.2) is 9.59 Å². The summed E-state index contributed by atoms with van der Waals surface area (Å²) >= 11 is 4.86. The molecule has 0 saturated carbocycles. The molecule has 0 atom stereocenters. The molecule has 0 aliphatic carbocycles. The van der Waals surface area contributed by atoms with Gasteiger partial charge in [-0.15, -0.1) is 34.0 Å². The first-order chi connectivity index (χ1) is 20.9. The van der Waals surface area contributed by atoms with Crippen molar-refractivity contribution in [1.82, 2.24) is 0 Å². The van der Waals surface area contributed by atoms with E-state index in [9.17, 15) is 9.59 Å². The highest BCUT2D eigenvalue weighted by molar-refractivity contribution is 7.27. The van der Waals surface area contributed by atoms with E-state index in [4.69, 9.17) is 8.83 Å². The first-order valence-corrected chi connectivity index (χ1v) is 16.5. The third-order valence-corrected chi connectivity index (χ3v) is 11.3. The number of aryl methyl sites for hydroxylation is 1. The van der Waals surface area contributed by atoms with Crippen LogP contribution in [-0.2, 0) is 0 Å². The smallest absolute Gasteiger partial charge is 0.345 e. The summed E-state index contributed by atoms with van der Waals surface area (Å²) < 4.78 is 11.4. The van der Waals surface area contributed by atoms with Gasteiger partial charge >= 0.3 is 11.3 Å². The van der Waals surface area contributed by atoms with Crippen LogP contribution >= 0.6 is 34.0 Å². The van der Waals surface area contributed by atoms with E-state index in [0.717, 1.165) is 64.4 Å². The van der Waals surface area contributed by atoms with E-state index in [2.05, 4.69) is 49.1 Å². The fourth-order valence-corrected chi connectivity index (χ4v) is 8.49. The van der Waals surface area contributed by atoms with E-state index in [-0.39, 0.29) is 11.3 Å². The quantitative estimate of drug-likeness (QED) is 0.166. The largest absolute Gasteiger partial charge is 0.422 e. The molecular weight excluding hydrogens is 595 g/mol. The Balaban J connectivity index is 1.16. The van der Waals surface area contributed by atoms with Crippen LogP contribution in [0.4, 0.5) is 5.69 Å². The molecule has 0 fully saturated rings. The van der Waals surface area contributed by atoms with Crippen LogP contribution in [0, 0.1) is 6.92 Å². The zero-order valence-corrected chi connectivity index (χ0v) is 26.3. The average molecular weight is 622 g/mol. The number of anilines is 1. The standard InChI is InChI=1S/C35H27NO4S3/c1-4-36(5-2)23-9-8-22-18-25(35(38)40-27(22)19-23)29-11-13-31(42-29)33-15-14-32(43-33)30-12-10-28(41-30)24-17-21-7-6-20(3)16-26(21)39-34(24)37/h6-19H,4-5H2,1-3H3. The van der Waals surface area contributed by atoms with E-state index in [1.165, 1.54) is 0 Å². The minimum absolute atomic E-state index is 0.327. The van der Waals surface area contributed by atoms with Crippen LogP contribution in [0.15, 0.2) is 103 Å². The topological polar surface area (TPSA) is 63.7 Å². The van der Waals surface area contributed by atoms with Crippen LogP contribution in [0.5, 0.6) is 0 Å². The van der Waals surface area contributed by atoms with E-state index in [0.29, 0.717) is 22.3 Å². The van der Waals surface area contributed by atoms with Crippen molar-refractivity contribution in [2.75, 3.05) is 18.0 Å². The third kappa shape index (κ3) is 5.16. The molecule has 43 heavy (non-hydrogen) atoms. The van der Waals surface area contributed by atoms with Crippen molar-refractivity contribution in [1.29, 1.82) is 0 Å². The zero-order valence-electron chi connectivity index (χ0n) is 23.8. The van der Waals surface area contributed by atoms with Crippen LogP contribution in [-0.4, -0.2) is 13.1 Å². The molecule has 7 aromatic rings. The second-order valence-electron chi connectivity index (χ2n) is 10.3. The van der Waals surface area contributed by atoms with Crippen LogP contribution < -0.4 is 16.2 Å². The Morgan fingerprint density at radius 3 is 1.51 bits per heavy atom. The van der Waals surface area contributed by atoms with Crippen molar-refractivity contribution in [2.45, 2.75) is 20.8 Å². The lowest BCUT2D eigenvalue weighted by Gasteiger charge is -2.20. The summed E-state index contributed by atoms with van der Waals surface area (Å²) in [7, 11) is 0. The van der Waals surface area contributed by atoms with Gasteiger partial charge < -0.3 is 13.7 Å². The fourth-order valence-electron chi connectivity index (χ4n) is 5.28. The summed E-state index contributed by atoms with van der Waals surface area (Å²) in [5.74, 6) is 0. The third-order valence-electron chi connectivity index (χ3n) is 7.57. The van der Waals surface area contributed by atoms with Crippen LogP contribution in [0.25, 0.3) is 62.3 Å². The Morgan fingerprint density at radius 1 is 0.558 bits per heavy atom. The summed E-state index contributed by atoms with van der Waals surface area (Å²) in [4.78, 5) is 34.2. The number of hydrogen-bond donors (Lipinski definition) is 0. The molecule has 5 aromatic heterocycles. The van der Waals surface area contributed by atoms with Gasteiger partial charge in [0.2, 0.25) is 0 Å². The maximum Gasteiger partial charge on any atom is 0.345 e. The summed E-state index contributed by atoms with van der Waals surface area (Å²) in [6.45, 7) is 7.99. The molecule has 0 aliphatic rings. The molecule has 0 radical (unpaired) electrons. The minimum atomic E-state index is -0.330. The van der Waals surface area contributed by atoms with Crippen LogP contribution in [0.3, 0.4) is 0 Å². The molecule has 0 bridgehead atoms. The van der Waals surface area contributed by atoms with Gasteiger partial charge in [-0.2, -0.15) is 0 Å². The molecule has 0 aliphatic heterocycles. The number of rotatable bonds is 7. The maximum atomic E-state index is 13.0. The molecule has 0 unspecified atom stereocenters. The van der Waals surface area contributed by atoms with Crippen molar-refractivity contribution >= 4 is 61.6 Å². The predicted octanol–water partition coefficient (Wildman–Crippen LogP) is 9.91. The second-order valence-corrected chi connectivity index (χ2v) is 13.6. The number of hydrogen-bond acceptors (Lipinski definition) is 8. The lowest BCUT2D eigenvalue weighted by atomic mass is 10.1. The average Bonchev–Trinajstić information content (AvgIpc) is 3.78. The normalized spacial score (nSPS) is 11.5. The van der Waals surface area contributed by atoms with Crippen molar-refractivity contribution in [2.24, 2.45) is 0 Å². The molecule has 0 amide bonds. The minimum Gasteiger partial charge on any atom is -0.422 e. The van der Waals surface area contributed by atoms with Gasteiger partial charge in [-0.3, -0.25) is 0 Å². The Labute approximate surface area is 259 Å². The number of thiophene rings is 3. The molecule has 5 nitrogen and oxygen atoms in total. The predicted molar refractivity (Wildman–Crippen MR) is 182 cm³/mol. The summed E-state index contributed by atoms with van der Waals surface area (Å²) in [6, 6.07) is 28.1. The number of nitrogens with zero attached hydrogens (tertiary/aromatic N) is 1. The fraction of sp³-hybridized carbons (Fsp3) is 0.143. The van der Waals surface area contributed by atoms with Gasteiger partial charge in [0.25, 0.3) is 0 Å². The molecular formula is C35H27NO4S3. The number of fused-ring (bicyclic) bond motifs is 2. The second kappa shape index (κ2) is 11.1. The molecule has 214 valence electrons. The summed E-state index contributed by atoms with van der Waals surface area (Å²) in [6.07, 6.45) is 0. The van der Waals surface area contributed by atoms with Gasteiger partial charge in [-0.1, -0.05) is 12.1 Å². The van der Waals surface area contributed by atoms with Gasteiger partial charge in [0.1, 0.15) is 11.2 Å². The first kappa shape index (κ1) is 27.6. The molecule has 0 N–H and O–H groups in total. The molecule has 8 heteroatoms. The van der Waals surface area contributed by atoms with E-state index in [1.54, 1.807) is 34.0 Å². The molecule has 7 rings (SSSR count). The SMILES string of the molecule is CCN(CC)c1ccc2cc(-c3ccc(-c4ccc(-c5ccc(-c6cc7ccc(C)cc7oc6=O)s5)s4)s3)c(=O)oc2c1. The first-order valence-electron chi connectivity index (χ1n) is 14.1. The molecule has 2 aromatic carbocycles. The Morgan fingerprint density at radius 2 is 1.00 bits per heavy atom. The van der Waals surface area contributed by atoms with Crippen LogP contribution in [0.2, 0.25) is 0 Å². The van der Waals surface area contributed by atoms with Gasteiger partial charge in [0, 0.05) is 64.9 Å². The highest BCUT2D eigenvalue weighted by Crippen LogP contribution is 2.43. The van der Waals surface area contributed by atoms with Gasteiger partial charge in [0.15, 0.2) is 0 Å². The van der Waals surface area contributed by atoms with Gasteiger partial charge in [0.05, 0.1) is 11.1 Å². The van der Waals surface area contributed by atoms with Crippen molar-refractivity contribution < 1.29 is 8.83 Å². The highest BCUT2D eigenvalue weighted by atomic mass is 32.1. The van der Waals surface area contributed by atoms with E-state index in [1.807, 2.05) is 61.5 Å². The van der Waals surface area contributed by atoms with Gasteiger partial charge in [-0.05, 0) is 93.1 Å². The van der Waals surface area contributed by atoms with E-state index >= 15 is 0 Å². The maximum absolute atomic E-state index is 13.0. The lowest BCUT2D eigenvalue weighted by Crippen LogP contribution is -2.21. The highest BCUT2D eigenvalue weighted by Gasteiger charge is 2.16. The van der Waals surface area contributed by atoms with E-state index < -0.39 is 0 Å². The Hall–Kier alpha value is -4.24. The monoisotopic (exact) mass is 621 g/mol. The summed E-state index contributed by atoms with van der Waals surface area (Å²) in [5, 5.41) is 1.81. The summed E-state index contributed by atoms with van der Waals surface area (Å²) in [5.41, 5.74) is 3.80. The van der Waals surface area contributed by atoms with Crippen molar-refractivity contribution in [3.05, 3.63) is 111 Å². The zero-order chi connectivity index (χ0) is 29.7. The molecule has 5 heterocycles. The van der Waals surface area contributed by atoms with Crippen LogP contribution in [0.1, 0.15) is 19.4 Å². The molecule has 0 saturated heterocycles. The lowest BCUT2D eigenvalue weighted by molar-refractivity contribution is 0.563. The Kier molecular flexibility index (Phi) is 7.13. The number of benzene rings is 2. The van der Waals surface area contributed by atoms with Crippen molar-refractivity contribution in [3.63, 3.8) is 0 Å². The Bertz CT molecular complexity index is 2240. The van der Waals surface area contributed by atoms with Crippen molar-refractivity contribution in [3.8, 4) is 40.4 Å². The molecule has 0 spiro atoms.